The number of para-hydroxylation sites is 1. The summed E-state index contributed by atoms with van der Waals surface area (Å²) in [5, 5.41) is 4.67. The van der Waals surface area contributed by atoms with Crippen LogP contribution in [0, 0.1) is 0 Å². The summed E-state index contributed by atoms with van der Waals surface area (Å²) in [6.07, 6.45) is -3.86. The Morgan fingerprint density at radius 3 is 2.57 bits per heavy atom. The first-order valence-corrected chi connectivity index (χ1v) is 11.4. The number of methoxy groups -OCH3 is 1. The minimum absolute atomic E-state index is 0.0194. The molecule has 0 fully saturated rings. The number of rotatable bonds is 6. The standard InChI is InChI=1S/C26H22ClF3N2O3/c1-33-23-13-16(24-25-18(10-11-31-24)17-4-2-3-5-20(17)32-25)7-9-22(23)34-14-15-6-8-21(19(27)12-15)35-26(28,29)30/h2-9,12-13,24,31-32H,10-11,14H2,1H3. The van der Waals surface area contributed by atoms with E-state index in [-0.39, 0.29) is 17.7 Å². The SMILES string of the molecule is COc1cc(C2NCCc3c2[nH]c2ccccc32)ccc1OCc1ccc(OC(F)(F)F)c(Cl)c1. The zero-order chi connectivity index (χ0) is 24.6. The molecule has 182 valence electrons. The zero-order valence-electron chi connectivity index (χ0n) is 18.7. The maximum atomic E-state index is 12.5. The first-order chi connectivity index (χ1) is 16.8. The molecule has 2 heterocycles. The van der Waals surface area contributed by atoms with Gasteiger partial charge in [0.25, 0.3) is 0 Å². The lowest BCUT2D eigenvalue weighted by atomic mass is 9.94. The van der Waals surface area contributed by atoms with E-state index in [1.54, 1.807) is 7.11 Å². The van der Waals surface area contributed by atoms with E-state index >= 15 is 0 Å². The Kier molecular flexibility index (Phi) is 6.25. The zero-order valence-corrected chi connectivity index (χ0v) is 19.5. The van der Waals surface area contributed by atoms with Gasteiger partial charge in [-0.05, 0) is 53.4 Å². The minimum Gasteiger partial charge on any atom is -0.493 e. The van der Waals surface area contributed by atoms with Crippen LogP contribution in [-0.2, 0) is 13.0 Å². The van der Waals surface area contributed by atoms with Crippen molar-refractivity contribution in [3.8, 4) is 17.2 Å². The van der Waals surface area contributed by atoms with Crippen LogP contribution in [0.4, 0.5) is 13.2 Å². The second-order valence-electron chi connectivity index (χ2n) is 8.21. The van der Waals surface area contributed by atoms with E-state index in [4.69, 9.17) is 21.1 Å². The number of aromatic nitrogens is 1. The van der Waals surface area contributed by atoms with Crippen LogP contribution in [0.2, 0.25) is 5.02 Å². The molecule has 4 aromatic rings. The lowest BCUT2D eigenvalue weighted by Gasteiger charge is -2.25. The van der Waals surface area contributed by atoms with E-state index in [1.165, 1.54) is 29.1 Å². The molecule has 1 aromatic heterocycles. The van der Waals surface area contributed by atoms with Crippen LogP contribution in [-0.4, -0.2) is 25.0 Å². The average Bonchev–Trinajstić information content (AvgIpc) is 3.22. The van der Waals surface area contributed by atoms with E-state index < -0.39 is 12.1 Å². The number of halogens is 4. The summed E-state index contributed by atoms with van der Waals surface area (Å²) in [6.45, 7) is 0.949. The first kappa shape index (κ1) is 23.4. The third-order valence-electron chi connectivity index (χ3n) is 6.00. The van der Waals surface area contributed by atoms with Crippen molar-refractivity contribution in [2.45, 2.75) is 25.4 Å². The summed E-state index contributed by atoms with van der Waals surface area (Å²) in [5.41, 5.74) is 5.19. The van der Waals surface area contributed by atoms with Gasteiger partial charge in [-0.15, -0.1) is 13.2 Å². The average molecular weight is 503 g/mol. The van der Waals surface area contributed by atoms with Crippen LogP contribution in [0.25, 0.3) is 10.9 Å². The van der Waals surface area contributed by atoms with Crippen LogP contribution in [0.15, 0.2) is 60.7 Å². The number of aromatic amines is 1. The maximum Gasteiger partial charge on any atom is 0.573 e. The largest absolute Gasteiger partial charge is 0.573 e. The van der Waals surface area contributed by atoms with Crippen molar-refractivity contribution < 1.29 is 27.4 Å². The third-order valence-corrected chi connectivity index (χ3v) is 6.29. The van der Waals surface area contributed by atoms with Crippen LogP contribution >= 0.6 is 11.6 Å². The molecule has 0 amide bonds. The van der Waals surface area contributed by atoms with Gasteiger partial charge in [-0.1, -0.05) is 41.9 Å². The summed E-state index contributed by atoms with van der Waals surface area (Å²) in [6, 6.07) is 18.0. The van der Waals surface area contributed by atoms with Gasteiger partial charge in [0.2, 0.25) is 0 Å². The van der Waals surface area contributed by atoms with E-state index in [1.807, 2.05) is 30.3 Å². The molecule has 35 heavy (non-hydrogen) atoms. The molecule has 2 N–H and O–H groups in total. The van der Waals surface area contributed by atoms with Crippen LogP contribution < -0.4 is 19.5 Å². The molecule has 3 aromatic carbocycles. The minimum atomic E-state index is -4.81. The summed E-state index contributed by atoms with van der Waals surface area (Å²) >= 11 is 5.94. The number of nitrogens with one attached hydrogen (secondary N) is 2. The van der Waals surface area contributed by atoms with Gasteiger partial charge in [-0.2, -0.15) is 0 Å². The van der Waals surface area contributed by atoms with Gasteiger partial charge >= 0.3 is 6.36 Å². The van der Waals surface area contributed by atoms with Crippen LogP contribution in [0.5, 0.6) is 17.2 Å². The van der Waals surface area contributed by atoms with Gasteiger partial charge in [-0.25, -0.2) is 0 Å². The second-order valence-corrected chi connectivity index (χ2v) is 8.62. The van der Waals surface area contributed by atoms with Gasteiger partial charge in [0.15, 0.2) is 11.5 Å². The Morgan fingerprint density at radius 1 is 1.00 bits per heavy atom. The van der Waals surface area contributed by atoms with E-state index in [2.05, 4.69) is 27.2 Å². The molecule has 1 unspecified atom stereocenters. The van der Waals surface area contributed by atoms with Gasteiger partial charge in [-0.3, -0.25) is 0 Å². The number of ether oxygens (including phenoxy) is 3. The molecule has 0 bridgehead atoms. The number of H-pyrrole nitrogens is 1. The number of alkyl halides is 3. The molecule has 5 rings (SSSR count). The van der Waals surface area contributed by atoms with Gasteiger partial charge < -0.3 is 24.5 Å². The van der Waals surface area contributed by atoms with Crippen molar-refractivity contribution in [2.24, 2.45) is 0 Å². The molecular formula is C26H22ClF3N2O3. The fraction of sp³-hybridized carbons (Fsp3) is 0.231. The molecule has 0 spiro atoms. The highest BCUT2D eigenvalue weighted by atomic mass is 35.5. The molecule has 0 radical (unpaired) electrons. The molecule has 1 atom stereocenters. The quantitative estimate of drug-likeness (QED) is 0.314. The van der Waals surface area contributed by atoms with Crippen molar-refractivity contribution in [1.82, 2.24) is 10.3 Å². The normalized spacial score (nSPS) is 15.6. The van der Waals surface area contributed by atoms with Gasteiger partial charge in [0.05, 0.1) is 18.2 Å². The van der Waals surface area contributed by atoms with E-state index in [0.717, 1.165) is 29.7 Å². The highest BCUT2D eigenvalue weighted by Gasteiger charge is 2.32. The summed E-state index contributed by atoms with van der Waals surface area (Å²) in [7, 11) is 1.56. The van der Waals surface area contributed by atoms with Crippen molar-refractivity contribution in [2.75, 3.05) is 13.7 Å². The highest BCUT2D eigenvalue weighted by molar-refractivity contribution is 6.32. The van der Waals surface area contributed by atoms with E-state index in [9.17, 15) is 13.2 Å². The van der Waals surface area contributed by atoms with Crippen molar-refractivity contribution in [1.29, 1.82) is 0 Å². The second kappa shape index (κ2) is 9.36. The Labute approximate surface area is 204 Å². The molecule has 1 aliphatic heterocycles. The Morgan fingerprint density at radius 2 is 1.80 bits per heavy atom. The number of benzene rings is 3. The van der Waals surface area contributed by atoms with Gasteiger partial charge in [0, 0.05) is 23.1 Å². The fourth-order valence-electron chi connectivity index (χ4n) is 4.45. The summed E-state index contributed by atoms with van der Waals surface area (Å²) < 4.78 is 52.7. The maximum absolute atomic E-state index is 12.5. The predicted octanol–water partition coefficient (Wildman–Crippen LogP) is 6.54. The molecule has 0 aliphatic carbocycles. The predicted molar refractivity (Wildman–Crippen MR) is 127 cm³/mol. The molecule has 1 aliphatic rings. The first-order valence-electron chi connectivity index (χ1n) is 11.0. The monoisotopic (exact) mass is 502 g/mol. The number of fused-ring (bicyclic) bond motifs is 3. The van der Waals surface area contributed by atoms with Crippen LogP contribution in [0.1, 0.15) is 28.4 Å². The lowest BCUT2D eigenvalue weighted by molar-refractivity contribution is -0.274. The van der Waals surface area contributed by atoms with Crippen LogP contribution in [0.3, 0.4) is 0 Å². The number of hydrogen-bond donors (Lipinski definition) is 2. The van der Waals surface area contributed by atoms with E-state index in [0.29, 0.717) is 17.1 Å². The Balaban J connectivity index is 1.35. The Hall–Kier alpha value is -3.36. The smallest absolute Gasteiger partial charge is 0.493 e. The van der Waals surface area contributed by atoms with Crippen molar-refractivity contribution in [3.63, 3.8) is 0 Å². The number of hydrogen-bond acceptors (Lipinski definition) is 4. The molecule has 9 heteroatoms. The van der Waals surface area contributed by atoms with Crippen molar-refractivity contribution >= 4 is 22.5 Å². The summed E-state index contributed by atoms with van der Waals surface area (Å²) in [5.74, 6) is 0.604. The van der Waals surface area contributed by atoms with Crippen molar-refractivity contribution in [3.05, 3.63) is 88.1 Å². The summed E-state index contributed by atoms with van der Waals surface area (Å²) in [4.78, 5) is 3.56. The molecule has 0 saturated heterocycles. The lowest BCUT2D eigenvalue weighted by Crippen LogP contribution is -2.30. The molecule has 5 nitrogen and oxygen atoms in total. The Bertz CT molecular complexity index is 1370. The van der Waals surface area contributed by atoms with Gasteiger partial charge in [0.1, 0.15) is 12.4 Å². The third kappa shape index (κ3) is 4.90. The molecular weight excluding hydrogens is 481 g/mol. The topological polar surface area (TPSA) is 55.5 Å². The highest BCUT2D eigenvalue weighted by Crippen LogP contribution is 2.37. The fourth-order valence-corrected chi connectivity index (χ4v) is 4.69. The molecule has 0 saturated carbocycles.